The number of carbonyl (C=O) groups is 1. The van der Waals surface area contributed by atoms with Crippen LogP contribution >= 0.6 is 46.1 Å². The van der Waals surface area contributed by atoms with E-state index in [2.05, 4.69) is 18.3 Å². The van der Waals surface area contributed by atoms with E-state index in [1.165, 1.54) is 11.3 Å². The van der Waals surface area contributed by atoms with Gasteiger partial charge in [-0.05, 0) is 12.0 Å². The lowest BCUT2D eigenvalue weighted by Gasteiger charge is -2.22. The zero-order chi connectivity index (χ0) is 15.6. The number of hydrogen-bond acceptors (Lipinski definition) is 4. The molecule has 1 aliphatic rings. The minimum Gasteiger partial charge on any atom is -0.372 e. The van der Waals surface area contributed by atoms with Gasteiger partial charge in [-0.2, -0.15) is 5.26 Å². The molecule has 0 bridgehead atoms. The van der Waals surface area contributed by atoms with Crippen molar-refractivity contribution >= 4 is 57.0 Å². The van der Waals surface area contributed by atoms with Crippen LogP contribution in [0.1, 0.15) is 35.8 Å². The zero-order valence-electron chi connectivity index (χ0n) is 11.2. The maximum atomic E-state index is 11.7. The number of nitriles is 1. The van der Waals surface area contributed by atoms with E-state index in [4.69, 9.17) is 39.5 Å². The van der Waals surface area contributed by atoms with Gasteiger partial charge in [0, 0.05) is 11.3 Å². The lowest BCUT2D eigenvalue weighted by atomic mass is 9.99. The van der Waals surface area contributed by atoms with Gasteiger partial charge >= 0.3 is 0 Å². The van der Waals surface area contributed by atoms with Crippen molar-refractivity contribution in [3.63, 3.8) is 0 Å². The minimum absolute atomic E-state index is 0.112. The predicted molar refractivity (Wildman–Crippen MR) is 85.1 cm³/mol. The molecular weight excluding hydrogens is 355 g/mol. The van der Waals surface area contributed by atoms with Crippen LogP contribution in [0.2, 0.25) is 0 Å². The Bertz CT molecular complexity index is 589. The SMILES string of the molecule is CCC[C@H]1Cc2c(sc(NC(=O)C(Cl)(Cl)Cl)c2C#N)CO1. The zero-order valence-corrected chi connectivity index (χ0v) is 14.3. The number of carbonyl (C=O) groups excluding carboxylic acids is 1. The van der Waals surface area contributed by atoms with E-state index in [1.807, 2.05) is 0 Å². The molecule has 1 aromatic heterocycles. The molecule has 0 saturated heterocycles. The van der Waals surface area contributed by atoms with Gasteiger partial charge in [0.05, 0.1) is 18.3 Å². The normalized spacial score (nSPS) is 18.0. The van der Waals surface area contributed by atoms with E-state index in [0.717, 1.165) is 23.3 Å². The van der Waals surface area contributed by atoms with Crippen LogP contribution in [0.4, 0.5) is 5.00 Å². The van der Waals surface area contributed by atoms with Crippen LogP contribution in [-0.2, 0) is 22.6 Å². The second-order valence-corrected chi connectivity index (χ2v) is 8.08. The number of alkyl halides is 3. The van der Waals surface area contributed by atoms with E-state index in [9.17, 15) is 10.1 Å². The molecule has 8 heteroatoms. The monoisotopic (exact) mass is 366 g/mol. The number of nitrogens with zero attached hydrogens (tertiary/aromatic N) is 1. The molecule has 1 N–H and O–H groups in total. The van der Waals surface area contributed by atoms with Crippen molar-refractivity contribution in [2.24, 2.45) is 0 Å². The number of ether oxygens (including phenoxy) is 1. The molecule has 114 valence electrons. The summed E-state index contributed by atoms with van der Waals surface area (Å²) in [5, 5.41) is 12.3. The highest BCUT2D eigenvalue weighted by molar-refractivity contribution is 7.16. The van der Waals surface area contributed by atoms with Crippen LogP contribution in [-0.4, -0.2) is 15.8 Å². The molecule has 0 aliphatic carbocycles. The van der Waals surface area contributed by atoms with Crippen molar-refractivity contribution < 1.29 is 9.53 Å². The van der Waals surface area contributed by atoms with Crippen LogP contribution < -0.4 is 5.32 Å². The number of fused-ring (bicyclic) bond motifs is 1. The topological polar surface area (TPSA) is 62.1 Å². The van der Waals surface area contributed by atoms with Crippen molar-refractivity contribution in [1.29, 1.82) is 5.26 Å². The standard InChI is InChI=1S/C13H13Cl3N2O2S/c1-2-3-7-4-8-9(5-17)11(21-10(8)6-20-7)18-12(19)13(14,15)16/h7H,2-4,6H2,1H3,(H,18,19)/t7-/m0/s1. The van der Waals surface area contributed by atoms with Crippen LogP contribution in [0.15, 0.2) is 0 Å². The van der Waals surface area contributed by atoms with E-state index in [-0.39, 0.29) is 6.10 Å². The number of anilines is 1. The third-order valence-corrected chi connectivity index (χ3v) is 4.82. The van der Waals surface area contributed by atoms with Crippen LogP contribution in [0.25, 0.3) is 0 Å². The van der Waals surface area contributed by atoms with Gasteiger partial charge in [0.25, 0.3) is 9.70 Å². The van der Waals surface area contributed by atoms with Crippen LogP contribution in [0.5, 0.6) is 0 Å². The first-order valence-corrected chi connectivity index (χ1v) is 8.36. The third kappa shape index (κ3) is 3.82. The van der Waals surface area contributed by atoms with Gasteiger partial charge in [-0.3, -0.25) is 4.79 Å². The highest BCUT2D eigenvalue weighted by Gasteiger charge is 2.33. The van der Waals surface area contributed by atoms with Gasteiger partial charge in [0.2, 0.25) is 0 Å². The summed E-state index contributed by atoms with van der Waals surface area (Å²) in [5.41, 5.74) is 1.38. The van der Waals surface area contributed by atoms with E-state index < -0.39 is 9.70 Å². The molecule has 2 rings (SSSR count). The lowest BCUT2D eigenvalue weighted by molar-refractivity contribution is -0.115. The van der Waals surface area contributed by atoms with Gasteiger partial charge in [-0.25, -0.2) is 0 Å². The molecule has 2 heterocycles. The van der Waals surface area contributed by atoms with Gasteiger partial charge < -0.3 is 10.1 Å². The minimum atomic E-state index is -2.06. The molecule has 0 aromatic carbocycles. The number of thiophene rings is 1. The molecule has 1 atom stereocenters. The van der Waals surface area contributed by atoms with Crippen molar-refractivity contribution in [3.05, 3.63) is 16.0 Å². The summed E-state index contributed by atoms with van der Waals surface area (Å²) < 4.78 is 3.68. The summed E-state index contributed by atoms with van der Waals surface area (Å²) in [6.07, 6.45) is 2.74. The van der Waals surface area contributed by atoms with Gasteiger partial charge in [-0.1, -0.05) is 48.1 Å². The molecule has 1 aliphatic heterocycles. The van der Waals surface area contributed by atoms with E-state index >= 15 is 0 Å². The third-order valence-electron chi connectivity index (χ3n) is 3.18. The first-order chi connectivity index (χ1) is 9.86. The Hall–Kier alpha value is -0.510. The predicted octanol–water partition coefficient (Wildman–Crippen LogP) is 4.17. The Labute approximate surface area is 141 Å². The molecule has 0 spiro atoms. The Balaban J connectivity index is 2.26. The Morgan fingerprint density at radius 1 is 1.57 bits per heavy atom. The molecule has 1 amide bonds. The van der Waals surface area contributed by atoms with Gasteiger partial charge in [0.15, 0.2) is 0 Å². The maximum Gasteiger partial charge on any atom is 0.277 e. The van der Waals surface area contributed by atoms with Crippen LogP contribution in [0.3, 0.4) is 0 Å². The Morgan fingerprint density at radius 3 is 2.86 bits per heavy atom. The average molecular weight is 368 g/mol. The molecule has 4 nitrogen and oxygen atoms in total. The summed E-state index contributed by atoms with van der Waals surface area (Å²) in [5.74, 6) is -0.770. The highest BCUT2D eigenvalue weighted by atomic mass is 35.6. The molecule has 0 radical (unpaired) electrons. The van der Waals surface area contributed by atoms with Crippen molar-refractivity contribution in [2.45, 2.75) is 42.7 Å². The number of amides is 1. The number of nitrogens with one attached hydrogen (secondary N) is 1. The second kappa shape index (κ2) is 6.72. The Kier molecular flexibility index (Phi) is 5.39. The number of hydrogen-bond donors (Lipinski definition) is 1. The molecule has 21 heavy (non-hydrogen) atoms. The second-order valence-electron chi connectivity index (χ2n) is 4.70. The molecule has 0 fully saturated rings. The van der Waals surface area contributed by atoms with Crippen molar-refractivity contribution in [3.8, 4) is 6.07 Å². The average Bonchev–Trinajstić information content (AvgIpc) is 2.74. The fourth-order valence-corrected chi connectivity index (χ4v) is 3.45. The molecule has 0 saturated carbocycles. The fourth-order valence-electron chi connectivity index (χ4n) is 2.21. The molecular formula is C13H13Cl3N2O2S. The van der Waals surface area contributed by atoms with E-state index in [0.29, 0.717) is 23.6 Å². The fraction of sp³-hybridized carbons (Fsp3) is 0.538. The van der Waals surface area contributed by atoms with E-state index in [1.54, 1.807) is 0 Å². The Morgan fingerprint density at radius 2 is 2.29 bits per heavy atom. The van der Waals surface area contributed by atoms with Gasteiger partial charge in [0.1, 0.15) is 11.1 Å². The summed E-state index contributed by atoms with van der Waals surface area (Å²) in [4.78, 5) is 12.7. The summed E-state index contributed by atoms with van der Waals surface area (Å²) in [7, 11) is 0. The lowest BCUT2D eigenvalue weighted by Crippen LogP contribution is -2.26. The maximum absolute atomic E-state index is 11.7. The summed E-state index contributed by atoms with van der Waals surface area (Å²) >= 11 is 17.9. The first kappa shape index (κ1) is 16.9. The largest absolute Gasteiger partial charge is 0.372 e. The summed E-state index contributed by atoms with van der Waals surface area (Å²) in [6, 6.07) is 2.13. The highest BCUT2D eigenvalue weighted by Crippen LogP contribution is 2.39. The smallest absolute Gasteiger partial charge is 0.277 e. The van der Waals surface area contributed by atoms with Gasteiger partial charge in [-0.15, -0.1) is 11.3 Å². The number of halogens is 3. The van der Waals surface area contributed by atoms with Crippen molar-refractivity contribution in [1.82, 2.24) is 0 Å². The quantitative estimate of drug-likeness (QED) is 0.816. The van der Waals surface area contributed by atoms with Crippen LogP contribution in [0, 0.1) is 11.3 Å². The number of rotatable bonds is 3. The first-order valence-electron chi connectivity index (χ1n) is 6.41. The summed E-state index contributed by atoms with van der Waals surface area (Å²) in [6.45, 7) is 2.54. The van der Waals surface area contributed by atoms with Crippen molar-refractivity contribution in [2.75, 3.05) is 5.32 Å². The molecule has 1 aromatic rings. The molecule has 0 unspecified atom stereocenters.